The number of methoxy groups -OCH3 is 1. The van der Waals surface area contributed by atoms with Gasteiger partial charge in [-0.1, -0.05) is 41.5 Å². The smallest absolute Gasteiger partial charge is 0.357 e. The van der Waals surface area contributed by atoms with E-state index in [1.165, 1.54) is 18.4 Å². The lowest BCUT2D eigenvalue weighted by Crippen LogP contribution is -2.48. The van der Waals surface area contributed by atoms with Gasteiger partial charge in [-0.3, -0.25) is 0 Å². The SMILES string of the molecule is COC(=O)c1ncsc1CCO[Si](C(C)C)(C(C)C)C(C)C. The molecule has 0 aliphatic carbocycles. The Bertz CT molecular complexity index is 464. The topological polar surface area (TPSA) is 48.4 Å². The van der Waals surface area contributed by atoms with Gasteiger partial charge in [-0.05, 0) is 16.6 Å². The lowest BCUT2D eigenvalue weighted by molar-refractivity contribution is 0.0593. The van der Waals surface area contributed by atoms with Gasteiger partial charge in [0.25, 0.3) is 0 Å². The molecule has 0 N–H and O–H groups in total. The Labute approximate surface area is 139 Å². The second-order valence-electron chi connectivity index (χ2n) is 6.53. The number of esters is 1. The Morgan fingerprint density at radius 1 is 1.18 bits per heavy atom. The van der Waals surface area contributed by atoms with E-state index >= 15 is 0 Å². The van der Waals surface area contributed by atoms with Crippen molar-refractivity contribution in [2.24, 2.45) is 0 Å². The van der Waals surface area contributed by atoms with Crippen molar-refractivity contribution in [2.75, 3.05) is 13.7 Å². The summed E-state index contributed by atoms with van der Waals surface area (Å²) in [4.78, 5) is 16.7. The molecule has 1 aromatic heterocycles. The first-order valence-corrected chi connectivity index (χ1v) is 10.9. The summed E-state index contributed by atoms with van der Waals surface area (Å²) in [6, 6.07) is 0. The van der Waals surface area contributed by atoms with E-state index in [9.17, 15) is 4.79 Å². The molecule has 0 spiro atoms. The lowest BCUT2D eigenvalue weighted by Gasteiger charge is -2.42. The van der Waals surface area contributed by atoms with Crippen LogP contribution in [0, 0.1) is 0 Å². The summed E-state index contributed by atoms with van der Waals surface area (Å²) >= 11 is 1.49. The first kappa shape index (κ1) is 19.3. The minimum Gasteiger partial charge on any atom is -0.464 e. The first-order chi connectivity index (χ1) is 10.3. The van der Waals surface area contributed by atoms with Gasteiger partial charge in [-0.15, -0.1) is 11.3 Å². The molecule has 1 heterocycles. The van der Waals surface area contributed by atoms with Crippen LogP contribution in [-0.2, 0) is 15.6 Å². The summed E-state index contributed by atoms with van der Waals surface area (Å²) in [6.45, 7) is 14.3. The Balaban J connectivity index is 2.80. The minimum absolute atomic E-state index is 0.365. The van der Waals surface area contributed by atoms with Gasteiger partial charge in [0.15, 0.2) is 14.0 Å². The number of nitrogens with zero attached hydrogens (tertiary/aromatic N) is 1. The van der Waals surface area contributed by atoms with Crippen LogP contribution in [0.2, 0.25) is 16.6 Å². The van der Waals surface area contributed by atoms with Gasteiger partial charge in [0.2, 0.25) is 0 Å². The molecule has 22 heavy (non-hydrogen) atoms. The van der Waals surface area contributed by atoms with Crippen molar-refractivity contribution >= 4 is 25.6 Å². The van der Waals surface area contributed by atoms with Crippen LogP contribution in [0.15, 0.2) is 5.51 Å². The van der Waals surface area contributed by atoms with Gasteiger partial charge in [0.1, 0.15) is 0 Å². The van der Waals surface area contributed by atoms with Crippen LogP contribution in [-0.4, -0.2) is 33.0 Å². The number of carbonyl (C=O) groups excluding carboxylic acids is 1. The van der Waals surface area contributed by atoms with Crippen molar-refractivity contribution in [3.63, 3.8) is 0 Å². The van der Waals surface area contributed by atoms with Crippen LogP contribution >= 0.6 is 11.3 Å². The van der Waals surface area contributed by atoms with E-state index in [2.05, 4.69) is 46.5 Å². The zero-order valence-corrected chi connectivity index (χ0v) is 16.6. The molecular weight excluding hydrogens is 314 g/mol. The summed E-state index contributed by atoms with van der Waals surface area (Å²) in [5, 5.41) is 0. The Morgan fingerprint density at radius 3 is 2.18 bits per heavy atom. The van der Waals surface area contributed by atoms with Crippen molar-refractivity contribution in [3.8, 4) is 0 Å². The fourth-order valence-corrected chi connectivity index (χ4v) is 9.72. The molecule has 4 nitrogen and oxygen atoms in total. The third kappa shape index (κ3) is 3.97. The number of thiazole rings is 1. The largest absolute Gasteiger partial charge is 0.464 e. The molecule has 1 rings (SSSR count). The summed E-state index contributed by atoms with van der Waals surface area (Å²) in [6.07, 6.45) is 0.718. The Kier molecular flexibility index (Phi) is 7.22. The quantitative estimate of drug-likeness (QED) is 0.508. The van der Waals surface area contributed by atoms with Gasteiger partial charge in [-0.25, -0.2) is 9.78 Å². The van der Waals surface area contributed by atoms with Crippen LogP contribution in [0.5, 0.6) is 0 Å². The molecular formula is C16H29NO3SSi. The number of aromatic nitrogens is 1. The van der Waals surface area contributed by atoms with E-state index in [0.717, 1.165) is 11.3 Å². The predicted octanol–water partition coefficient (Wildman–Crippen LogP) is 4.66. The molecule has 6 heteroatoms. The van der Waals surface area contributed by atoms with E-state index in [-0.39, 0.29) is 5.97 Å². The maximum Gasteiger partial charge on any atom is 0.357 e. The fourth-order valence-electron chi connectivity index (χ4n) is 3.53. The Hall–Kier alpha value is -0.723. The highest BCUT2D eigenvalue weighted by molar-refractivity contribution is 7.09. The Morgan fingerprint density at radius 2 is 1.73 bits per heavy atom. The molecule has 0 atom stereocenters. The molecule has 0 unspecified atom stereocenters. The molecule has 0 aromatic carbocycles. The second kappa shape index (κ2) is 8.22. The maximum atomic E-state index is 11.7. The van der Waals surface area contributed by atoms with Gasteiger partial charge >= 0.3 is 5.97 Å². The molecule has 0 bridgehead atoms. The number of ether oxygens (including phenoxy) is 1. The third-order valence-electron chi connectivity index (χ3n) is 4.41. The van der Waals surface area contributed by atoms with Crippen LogP contribution in [0.3, 0.4) is 0 Å². The highest BCUT2D eigenvalue weighted by Gasteiger charge is 2.44. The normalized spacial score (nSPS) is 12.5. The number of carbonyl (C=O) groups is 1. The van der Waals surface area contributed by atoms with Crippen molar-refractivity contribution in [3.05, 3.63) is 16.1 Å². The highest BCUT2D eigenvalue weighted by Crippen LogP contribution is 2.42. The molecule has 0 aliphatic heterocycles. The van der Waals surface area contributed by atoms with E-state index in [0.29, 0.717) is 28.9 Å². The minimum atomic E-state index is -1.85. The molecule has 0 fully saturated rings. The van der Waals surface area contributed by atoms with E-state index in [4.69, 9.17) is 9.16 Å². The van der Waals surface area contributed by atoms with Crippen LogP contribution in [0.25, 0.3) is 0 Å². The zero-order valence-electron chi connectivity index (χ0n) is 14.8. The fraction of sp³-hybridized carbons (Fsp3) is 0.750. The van der Waals surface area contributed by atoms with Gasteiger partial charge in [-0.2, -0.15) is 0 Å². The average molecular weight is 344 g/mol. The van der Waals surface area contributed by atoms with E-state index in [1.54, 1.807) is 5.51 Å². The lowest BCUT2D eigenvalue weighted by atomic mass is 10.3. The molecule has 126 valence electrons. The summed E-state index contributed by atoms with van der Waals surface area (Å²) in [7, 11) is -0.461. The van der Waals surface area contributed by atoms with E-state index in [1.807, 2.05) is 0 Å². The molecule has 0 amide bonds. The predicted molar refractivity (Wildman–Crippen MR) is 94.2 cm³/mol. The number of hydrogen-bond acceptors (Lipinski definition) is 5. The number of rotatable bonds is 8. The maximum absolute atomic E-state index is 11.7. The molecule has 0 radical (unpaired) electrons. The molecule has 1 aromatic rings. The molecule has 0 saturated carbocycles. The first-order valence-electron chi connectivity index (χ1n) is 7.91. The highest BCUT2D eigenvalue weighted by atomic mass is 32.1. The van der Waals surface area contributed by atoms with Crippen LogP contribution < -0.4 is 0 Å². The summed E-state index contributed by atoms with van der Waals surface area (Å²) < 4.78 is 11.3. The van der Waals surface area contributed by atoms with Gasteiger partial charge in [0, 0.05) is 17.9 Å². The van der Waals surface area contributed by atoms with Crippen LogP contribution in [0.1, 0.15) is 56.9 Å². The van der Waals surface area contributed by atoms with Gasteiger partial charge in [0.05, 0.1) is 12.6 Å². The summed E-state index contributed by atoms with van der Waals surface area (Å²) in [5.74, 6) is -0.365. The third-order valence-corrected chi connectivity index (χ3v) is 11.4. The monoisotopic (exact) mass is 343 g/mol. The van der Waals surface area contributed by atoms with E-state index < -0.39 is 8.32 Å². The van der Waals surface area contributed by atoms with Crippen molar-refractivity contribution in [2.45, 2.75) is 64.6 Å². The van der Waals surface area contributed by atoms with Crippen molar-refractivity contribution in [1.29, 1.82) is 0 Å². The summed E-state index contributed by atoms with van der Waals surface area (Å²) in [5.41, 5.74) is 3.82. The zero-order chi connectivity index (χ0) is 16.9. The van der Waals surface area contributed by atoms with Gasteiger partial charge < -0.3 is 9.16 Å². The average Bonchev–Trinajstić information content (AvgIpc) is 2.89. The molecule has 0 saturated heterocycles. The van der Waals surface area contributed by atoms with Crippen molar-refractivity contribution in [1.82, 2.24) is 4.98 Å². The van der Waals surface area contributed by atoms with Crippen molar-refractivity contribution < 1.29 is 14.0 Å². The second-order valence-corrected chi connectivity index (χ2v) is 12.9. The molecule has 0 aliphatic rings. The van der Waals surface area contributed by atoms with Crippen LogP contribution in [0.4, 0.5) is 0 Å². The number of hydrogen-bond donors (Lipinski definition) is 0. The standard InChI is InChI=1S/C16H29NO3SSi/c1-11(2)22(12(3)4,13(5)6)20-9-8-14-15(16(18)19-7)17-10-21-14/h10-13H,8-9H2,1-7H3.